The average molecular weight is 344 g/mol. The van der Waals surface area contributed by atoms with E-state index in [9.17, 15) is 4.79 Å². The van der Waals surface area contributed by atoms with Gasteiger partial charge in [0.2, 0.25) is 5.91 Å². The molecule has 0 aromatic carbocycles. The lowest BCUT2D eigenvalue weighted by atomic mass is 9.99. The second-order valence-electron chi connectivity index (χ2n) is 7.12. The monoisotopic (exact) mass is 344 g/mol. The first-order valence-corrected chi connectivity index (χ1v) is 9.08. The third kappa shape index (κ3) is 3.54. The second-order valence-corrected chi connectivity index (χ2v) is 7.12. The molecule has 0 radical (unpaired) electrons. The zero-order valence-electron chi connectivity index (χ0n) is 15.8. The first-order valence-electron chi connectivity index (χ1n) is 9.08. The number of aryl methyl sites for hydroxylation is 4. The molecule has 6 nitrogen and oxygen atoms in total. The summed E-state index contributed by atoms with van der Waals surface area (Å²) in [6, 6.07) is 0.0679. The van der Waals surface area contributed by atoms with Crippen LogP contribution in [0.15, 0.2) is 0 Å². The summed E-state index contributed by atoms with van der Waals surface area (Å²) in [6.45, 7) is 8.95. The van der Waals surface area contributed by atoms with Crippen LogP contribution in [0.2, 0.25) is 0 Å². The van der Waals surface area contributed by atoms with Crippen LogP contribution in [0.1, 0.15) is 48.7 Å². The molecular weight excluding hydrogens is 316 g/mol. The number of nitrogens with zero attached hydrogens (tertiary/aromatic N) is 3. The molecule has 25 heavy (non-hydrogen) atoms. The Bertz CT molecular complexity index is 791. The van der Waals surface area contributed by atoms with E-state index in [1.807, 2.05) is 32.5 Å². The molecule has 136 valence electrons. The van der Waals surface area contributed by atoms with Gasteiger partial charge >= 0.3 is 0 Å². The van der Waals surface area contributed by atoms with Crippen LogP contribution in [0, 0.1) is 20.8 Å². The van der Waals surface area contributed by atoms with Gasteiger partial charge in [0.25, 0.3) is 0 Å². The molecule has 2 aromatic heterocycles. The number of carbonyl (C=O) groups is 1. The fourth-order valence-electron chi connectivity index (χ4n) is 3.88. The van der Waals surface area contributed by atoms with Crippen molar-refractivity contribution >= 4 is 16.9 Å². The summed E-state index contributed by atoms with van der Waals surface area (Å²) in [5.41, 5.74) is 5.22. The van der Waals surface area contributed by atoms with Crippen molar-refractivity contribution in [3.63, 3.8) is 0 Å². The minimum atomic E-state index is 0.0679. The van der Waals surface area contributed by atoms with E-state index in [2.05, 4.69) is 17.3 Å². The van der Waals surface area contributed by atoms with Crippen molar-refractivity contribution in [1.29, 1.82) is 0 Å². The first-order chi connectivity index (χ1) is 11.9. The number of pyridine rings is 1. The summed E-state index contributed by atoms with van der Waals surface area (Å²) in [4.78, 5) is 17.0. The normalized spacial score (nSPS) is 18.7. The Kier molecular flexibility index (Phi) is 5.08. The average Bonchev–Trinajstić information content (AvgIpc) is 3.16. The lowest BCUT2D eigenvalue weighted by Crippen LogP contribution is -2.40. The minimum Gasteiger partial charge on any atom is -0.376 e. The van der Waals surface area contributed by atoms with Crippen LogP contribution < -0.4 is 5.32 Å². The number of aromatic nitrogens is 3. The summed E-state index contributed by atoms with van der Waals surface area (Å²) in [5, 5.41) is 8.66. The summed E-state index contributed by atoms with van der Waals surface area (Å²) in [5.74, 6) is 0.0739. The fraction of sp³-hybridized carbons (Fsp3) is 0.632. The van der Waals surface area contributed by atoms with Crippen molar-refractivity contribution in [3.8, 4) is 0 Å². The Balaban J connectivity index is 1.70. The summed E-state index contributed by atoms with van der Waals surface area (Å²) in [6.07, 6.45) is 3.42. The SMILES string of the molecule is Cc1nc2c(c(C)nn2C)c(C)c1CCC(=O)NC(C)C1CCCO1. The van der Waals surface area contributed by atoms with Gasteiger partial charge in [-0.3, -0.25) is 9.48 Å². The van der Waals surface area contributed by atoms with Gasteiger partial charge in [0.05, 0.1) is 17.8 Å². The van der Waals surface area contributed by atoms with Gasteiger partial charge in [-0.15, -0.1) is 0 Å². The van der Waals surface area contributed by atoms with Gasteiger partial charge in [0.1, 0.15) is 0 Å². The molecule has 1 fully saturated rings. The second kappa shape index (κ2) is 7.12. The highest BCUT2D eigenvalue weighted by molar-refractivity contribution is 5.84. The predicted molar refractivity (Wildman–Crippen MR) is 97.6 cm³/mol. The highest BCUT2D eigenvalue weighted by Crippen LogP contribution is 2.26. The molecule has 1 N–H and O–H groups in total. The van der Waals surface area contributed by atoms with E-state index in [4.69, 9.17) is 9.72 Å². The van der Waals surface area contributed by atoms with Gasteiger partial charge in [-0.25, -0.2) is 4.98 Å². The molecule has 2 unspecified atom stereocenters. The molecule has 1 aliphatic rings. The van der Waals surface area contributed by atoms with Crippen LogP contribution in [-0.2, 0) is 23.0 Å². The molecular formula is C19H28N4O2. The molecule has 0 aliphatic carbocycles. The van der Waals surface area contributed by atoms with Gasteiger partial charge in [0, 0.05) is 31.2 Å². The zero-order chi connectivity index (χ0) is 18.1. The zero-order valence-corrected chi connectivity index (χ0v) is 15.8. The molecule has 0 saturated carbocycles. The number of amides is 1. The maximum Gasteiger partial charge on any atom is 0.220 e. The van der Waals surface area contributed by atoms with E-state index < -0.39 is 0 Å². The van der Waals surface area contributed by atoms with E-state index in [1.54, 1.807) is 0 Å². The first kappa shape index (κ1) is 17.9. The summed E-state index contributed by atoms with van der Waals surface area (Å²) in [7, 11) is 1.92. The van der Waals surface area contributed by atoms with Crippen LogP contribution in [0.4, 0.5) is 0 Å². The van der Waals surface area contributed by atoms with Crippen LogP contribution >= 0.6 is 0 Å². The molecule has 0 bridgehead atoms. The third-order valence-electron chi connectivity index (χ3n) is 5.24. The molecule has 2 aromatic rings. The standard InChI is InChI=1S/C19H28N4O2/c1-11-15(12(2)21-19-18(11)14(4)22-23(19)5)8-9-17(24)20-13(3)16-7-6-10-25-16/h13,16H,6-10H2,1-5H3,(H,20,24). The van der Waals surface area contributed by atoms with Crippen LogP contribution in [0.3, 0.4) is 0 Å². The smallest absolute Gasteiger partial charge is 0.220 e. The quantitative estimate of drug-likeness (QED) is 0.905. The molecule has 3 heterocycles. The predicted octanol–water partition coefficient (Wildman–Crippen LogP) is 2.51. The molecule has 1 amide bonds. The largest absolute Gasteiger partial charge is 0.376 e. The Labute approximate surface area is 149 Å². The number of hydrogen-bond acceptors (Lipinski definition) is 4. The van der Waals surface area contributed by atoms with E-state index in [0.29, 0.717) is 12.8 Å². The maximum atomic E-state index is 12.3. The Morgan fingerprint density at radius 3 is 2.80 bits per heavy atom. The number of rotatable bonds is 5. The van der Waals surface area contributed by atoms with Gasteiger partial charge in [0.15, 0.2) is 5.65 Å². The van der Waals surface area contributed by atoms with Crippen molar-refractivity contribution < 1.29 is 9.53 Å². The van der Waals surface area contributed by atoms with E-state index in [-0.39, 0.29) is 18.1 Å². The topological polar surface area (TPSA) is 69.0 Å². The lowest BCUT2D eigenvalue weighted by Gasteiger charge is -2.20. The molecule has 1 aliphatic heterocycles. The van der Waals surface area contributed by atoms with Crippen molar-refractivity contribution in [3.05, 3.63) is 22.5 Å². The van der Waals surface area contributed by atoms with E-state index in [1.165, 1.54) is 5.56 Å². The Morgan fingerprint density at radius 2 is 2.12 bits per heavy atom. The van der Waals surface area contributed by atoms with Gasteiger partial charge in [-0.1, -0.05) is 0 Å². The molecule has 2 atom stereocenters. The lowest BCUT2D eigenvalue weighted by molar-refractivity contribution is -0.122. The molecule has 3 rings (SSSR count). The van der Waals surface area contributed by atoms with Gasteiger partial charge < -0.3 is 10.1 Å². The Morgan fingerprint density at radius 1 is 1.36 bits per heavy atom. The number of nitrogens with one attached hydrogen (secondary N) is 1. The van der Waals surface area contributed by atoms with E-state index >= 15 is 0 Å². The number of ether oxygens (including phenoxy) is 1. The van der Waals surface area contributed by atoms with Crippen molar-refractivity contribution in [2.24, 2.45) is 7.05 Å². The Hall–Kier alpha value is -1.95. The minimum absolute atomic E-state index is 0.0679. The van der Waals surface area contributed by atoms with Crippen molar-refractivity contribution in [2.45, 2.75) is 65.5 Å². The summed E-state index contributed by atoms with van der Waals surface area (Å²) >= 11 is 0. The molecule has 1 saturated heterocycles. The highest BCUT2D eigenvalue weighted by atomic mass is 16.5. The van der Waals surface area contributed by atoms with Crippen LogP contribution in [-0.4, -0.2) is 39.4 Å². The van der Waals surface area contributed by atoms with Crippen molar-refractivity contribution in [2.75, 3.05) is 6.61 Å². The van der Waals surface area contributed by atoms with E-state index in [0.717, 1.165) is 47.4 Å². The van der Waals surface area contributed by atoms with Crippen LogP contribution in [0.25, 0.3) is 11.0 Å². The number of carbonyl (C=O) groups excluding carboxylic acids is 1. The number of hydrogen-bond donors (Lipinski definition) is 1. The van der Waals surface area contributed by atoms with Crippen LogP contribution in [0.5, 0.6) is 0 Å². The molecule has 6 heteroatoms. The van der Waals surface area contributed by atoms with Crippen molar-refractivity contribution in [1.82, 2.24) is 20.1 Å². The maximum absolute atomic E-state index is 12.3. The third-order valence-corrected chi connectivity index (χ3v) is 5.24. The van der Waals surface area contributed by atoms with Gasteiger partial charge in [-0.05, 0) is 58.1 Å². The molecule has 0 spiro atoms. The summed E-state index contributed by atoms with van der Waals surface area (Å²) < 4.78 is 7.47. The van der Waals surface area contributed by atoms with Gasteiger partial charge in [-0.2, -0.15) is 5.10 Å². The fourth-order valence-corrected chi connectivity index (χ4v) is 3.88. The highest BCUT2D eigenvalue weighted by Gasteiger charge is 2.23. The number of fused-ring (bicyclic) bond motifs is 1.